The van der Waals surface area contributed by atoms with Crippen LogP contribution in [0.1, 0.15) is 57.8 Å². The molecule has 0 aliphatic rings. The van der Waals surface area contributed by atoms with Gasteiger partial charge in [-0.3, -0.25) is 0 Å². The largest absolute Gasteiger partial charge is 0.354 e. The molecule has 0 aliphatic carbocycles. The van der Waals surface area contributed by atoms with Gasteiger partial charge in [-0.2, -0.15) is 0 Å². The van der Waals surface area contributed by atoms with Gasteiger partial charge in [0.05, 0.1) is 0 Å². The number of aryl methyl sites for hydroxylation is 1. The Labute approximate surface area is 124 Å². The maximum Gasteiger partial charge on any atom is 0.223 e. The number of aromatic nitrogens is 2. The second-order valence-electron chi connectivity index (χ2n) is 6.12. The summed E-state index contributed by atoms with van der Waals surface area (Å²) in [6, 6.07) is 2.68. The van der Waals surface area contributed by atoms with Crippen molar-refractivity contribution < 1.29 is 0 Å². The van der Waals surface area contributed by atoms with Crippen LogP contribution < -0.4 is 5.32 Å². The molecule has 1 N–H and O–H groups in total. The molecule has 0 atom stereocenters. The van der Waals surface area contributed by atoms with Gasteiger partial charge >= 0.3 is 0 Å². The van der Waals surface area contributed by atoms with E-state index in [-0.39, 0.29) is 0 Å². The van der Waals surface area contributed by atoms with Crippen LogP contribution in [0.3, 0.4) is 0 Å². The van der Waals surface area contributed by atoms with Gasteiger partial charge < -0.3 is 10.2 Å². The normalized spacial score (nSPS) is 11.7. The van der Waals surface area contributed by atoms with E-state index in [1.54, 1.807) is 0 Å². The molecule has 1 aromatic heterocycles. The van der Waals surface area contributed by atoms with Gasteiger partial charge in [0.25, 0.3) is 0 Å². The van der Waals surface area contributed by atoms with Gasteiger partial charge in [0.15, 0.2) is 0 Å². The first kappa shape index (κ1) is 16.9. The topological polar surface area (TPSA) is 41.1 Å². The lowest BCUT2D eigenvalue weighted by Gasteiger charge is -2.20. The van der Waals surface area contributed by atoms with Crippen molar-refractivity contribution in [2.24, 2.45) is 0 Å². The van der Waals surface area contributed by atoms with Gasteiger partial charge in [-0.05, 0) is 59.2 Å². The summed E-state index contributed by atoms with van der Waals surface area (Å²) >= 11 is 0. The molecule has 1 rings (SSSR count). The molecule has 0 saturated heterocycles. The van der Waals surface area contributed by atoms with Crippen LogP contribution in [0.2, 0.25) is 0 Å². The molecule has 1 aromatic rings. The number of hydrogen-bond donors (Lipinski definition) is 1. The molecule has 0 amide bonds. The number of rotatable bonds is 8. The van der Waals surface area contributed by atoms with Gasteiger partial charge in [-0.25, -0.2) is 9.97 Å². The Balaban J connectivity index is 2.35. The van der Waals surface area contributed by atoms with E-state index in [0.717, 1.165) is 36.8 Å². The minimum Gasteiger partial charge on any atom is -0.354 e. The number of nitrogens with zero attached hydrogens (tertiary/aromatic N) is 3. The molecular formula is C16H30N4. The SMILES string of the molecule is Cc1cc(C(C)C)nc(NCCCCN(C)C(C)C)n1. The molecule has 0 fully saturated rings. The first-order valence-electron chi connectivity index (χ1n) is 7.70. The zero-order chi connectivity index (χ0) is 15.1. The standard InChI is InChI=1S/C16H30N4/c1-12(2)15-11-14(5)18-16(19-15)17-9-7-8-10-20(6)13(3)4/h11-13H,7-10H2,1-6H3,(H,17,18,19). The minimum atomic E-state index is 0.442. The summed E-state index contributed by atoms with van der Waals surface area (Å²) < 4.78 is 0. The van der Waals surface area contributed by atoms with Crippen molar-refractivity contribution in [3.8, 4) is 0 Å². The fraction of sp³-hybridized carbons (Fsp3) is 0.750. The van der Waals surface area contributed by atoms with Crippen LogP contribution in [0.15, 0.2) is 6.07 Å². The smallest absolute Gasteiger partial charge is 0.223 e. The van der Waals surface area contributed by atoms with E-state index in [2.05, 4.69) is 61.0 Å². The maximum atomic E-state index is 4.56. The van der Waals surface area contributed by atoms with E-state index in [9.17, 15) is 0 Å². The molecule has 4 heteroatoms. The van der Waals surface area contributed by atoms with E-state index in [4.69, 9.17) is 0 Å². The number of nitrogens with one attached hydrogen (secondary N) is 1. The second kappa shape index (κ2) is 8.20. The first-order valence-corrected chi connectivity index (χ1v) is 7.70. The van der Waals surface area contributed by atoms with E-state index in [1.807, 2.05) is 6.92 Å². The minimum absolute atomic E-state index is 0.442. The van der Waals surface area contributed by atoms with Crippen molar-refractivity contribution in [2.45, 2.75) is 59.4 Å². The predicted molar refractivity (Wildman–Crippen MR) is 86.3 cm³/mol. The van der Waals surface area contributed by atoms with Gasteiger partial charge in [-0.1, -0.05) is 13.8 Å². The maximum absolute atomic E-state index is 4.56. The van der Waals surface area contributed by atoms with Gasteiger partial charge in [0.1, 0.15) is 0 Å². The zero-order valence-electron chi connectivity index (χ0n) is 13.9. The molecular weight excluding hydrogens is 248 g/mol. The fourth-order valence-electron chi connectivity index (χ4n) is 1.91. The molecule has 0 bridgehead atoms. The summed E-state index contributed by atoms with van der Waals surface area (Å²) in [5.74, 6) is 1.21. The van der Waals surface area contributed by atoms with E-state index in [0.29, 0.717) is 12.0 Å². The molecule has 0 radical (unpaired) electrons. The monoisotopic (exact) mass is 278 g/mol. The van der Waals surface area contributed by atoms with Crippen molar-refractivity contribution in [3.05, 3.63) is 17.5 Å². The lowest BCUT2D eigenvalue weighted by atomic mass is 10.1. The van der Waals surface area contributed by atoms with Crippen LogP contribution in [0.4, 0.5) is 5.95 Å². The first-order chi connectivity index (χ1) is 9.40. The highest BCUT2D eigenvalue weighted by Crippen LogP contribution is 2.14. The number of anilines is 1. The van der Waals surface area contributed by atoms with Crippen LogP contribution in [0, 0.1) is 6.92 Å². The number of hydrogen-bond acceptors (Lipinski definition) is 4. The average molecular weight is 278 g/mol. The Morgan fingerprint density at radius 1 is 1.15 bits per heavy atom. The number of unbranched alkanes of at least 4 members (excludes halogenated alkanes) is 1. The predicted octanol–water partition coefficient (Wildman–Crippen LogP) is 3.44. The molecule has 0 aromatic carbocycles. The Kier molecular flexibility index (Phi) is 6.93. The Hall–Kier alpha value is -1.16. The highest BCUT2D eigenvalue weighted by atomic mass is 15.1. The van der Waals surface area contributed by atoms with Gasteiger partial charge in [-0.15, -0.1) is 0 Å². The van der Waals surface area contributed by atoms with Crippen molar-refractivity contribution >= 4 is 5.95 Å². The van der Waals surface area contributed by atoms with E-state index in [1.165, 1.54) is 6.42 Å². The Bertz CT molecular complexity index is 401. The van der Waals surface area contributed by atoms with Crippen LogP contribution in [0.25, 0.3) is 0 Å². The summed E-state index contributed by atoms with van der Waals surface area (Å²) in [6.45, 7) is 12.9. The third-order valence-electron chi connectivity index (χ3n) is 3.57. The van der Waals surface area contributed by atoms with Crippen molar-refractivity contribution in [2.75, 3.05) is 25.5 Å². The quantitative estimate of drug-likeness (QED) is 0.740. The van der Waals surface area contributed by atoms with E-state index < -0.39 is 0 Å². The van der Waals surface area contributed by atoms with E-state index >= 15 is 0 Å². The van der Waals surface area contributed by atoms with Crippen LogP contribution in [-0.4, -0.2) is 41.0 Å². The van der Waals surface area contributed by atoms with Crippen molar-refractivity contribution in [3.63, 3.8) is 0 Å². The summed E-state index contributed by atoms with van der Waals surface area (Å²) in [5, 5.41) is 3.34. The molecule has 4 nitrogen and oxygen atoms in total. The summed E-state index contributed by atoms with van der Waals surface area (Å²) in [6.07, 6.45) is 2.34. The Morgan fingerprint density at radius 2 is 1.85 bits per heavy atom. The highest BCUT2D eigenvalue weighted by molar-refractivity contribution is 5.28. The van der Waals surface area contributed by atoms with Crippen LogP contribution in [0.5, 0.6) is 0 Å². The third kappa shape index (κ3) is 5.87. The molecule has 0 unspecified atom stereocenters. The molecule has 114 valence electrons. The Morgan fingerprint density at radius 3 is 2.45 bits per heavy atom. The van der Waals surface area contributed by atoms with Crippen LogP contribution >= 0.6 is 0 Å². The average Bonchev–Trinajstić information content (AvgIpc) is 2.37. The second-order valence-corrected chi connectivity index (χ2v) is 6.12. The zero-order valence-corrected chi connectivity index (χ0v) is 13.9. The van der Waals surface area contributed by atoms with Gasteiger partial charge in [0, 0.05) is 24.0 Å². The molecule has 20 heavy (non-hydrogen) atoms. The lowest BCUT2D eigenvalue weighted by molar-refractivity contribution is 0.269. The third-order valence-corrected chi connectivity index (χ3v) is 3.57. The summed E-state index contributed by atoms with van der Waals surface area (Å²) in [5.41, 5.74) is 2.14. The molecule has 0 aliphatic heterocycles. The molecule has 1 heterocycles. The lowest BCUT2D eigenvalue weighted by Crippen LogP contribution is -2.27. The fourth-order valence-corrected chi connectivity index (χ4v) is 1.91. The van der Waals surface area contributed by atoms with Crippen molar-refractivity contribution in [1.82, 2.24) is 14.9 Å². The molecule has 0 saturated carbocycles. The van der Waals surface area contributed by atoms with Crippen LogP contribution in [-0.2, 0) is 0 Å². The highest BCUT2D eigenvalue weighted by Gasteiger charge is 2.06. The molecule has 0 spiro atoms. The summed E-state index contributed by atoms with van der Waals surface area (Å²) in [4.78, 5) is 11.4. The van der Waals surface area contributed by atoms with Crippen molar-refractivity contribution in [1.29, 1.82) is 0 Å². The van der Waals surface area contributed by atoms with Gasteiger partial charge in [0.2, 0.25) is 5.95 Å². The summed E-state index contributed by atoms with van der Waals surface area (Å²) in [7, 11) is 2.18.